The highest BCUT2D eigenvalue weighted by molar-refractivity contribution is 9.09. The van der Waals surface area contributed by atoms with Crippen molar-refractivity contribution in [2.24, 2.45) is 0 Å². The maximum absolute atomic E-state index is 13.8. The first-order valence-corrected chi connectivity index (χ1v) is 12.1. The standard InChI is InChI=1S/C27H20BrFN2O3/c28-15-5-10-23(32)31-22-9-4-2-7-20(22)25(27(31)34)24-19-6-1-3-8-21(19)30(26(24)33)16-17-11-13-18(29)14-12-17/h1-4,6-9,11-14H,5,10,15-16H2. The number of nitrogens with zero attached hydrogens (tertiary/aromatic N) is 2. The van der Waals surface area contributed by atoms with E-state index in [1.165, 1.54) is 17.0 Å². The highest BCUT2D eigenvalue weighted by Gasteiger charge is 2.43. The van der Waals surface area contributed by atoms with Gasteiger partial charge in [-0.2, -0.15) is 0 Å². The van der Waals surface area contributed by atoms with Gasteiger partial charge in [0.05, 0.1) is 29.1 Å². The molecule has 0 atom stereocenters. The summed E-state index contributed by atoms with van der Waals surface area (Å²) >= 11 is 3.33. The van der Waals surface area contributed by atoms with Crippen molar-refractivity contribution in [2.45, 2.75) is 19.4 Å². The number of halogens is 2. The lowest BCUT2D eigenvalue weighted by Gasteiger charge is -2.17. The third-order valence-electron chi connectivity index (χ3n) is 6.03. The van der Waals surface area contributed by atoms with Gasteiger partial charge in [-0.3, -0.25) is 14.4 Å². The molecule has 0 fully saturated rings. The molecule has 0 saturated heterocycles. The highest BCUT2D eigenvalue weighted by atomic mass is 79.9. The van der Waals surface area contributed by atoms with Crippen molar-refractivity contribution in [1.29, 1.82) is 0 Å². The lowest BCUT2D eigenvalue weighted by atomic mass is 9.96. The van der Waals surface area contributed by atoms with Gasteiger partial charge in [0.15, 0.2) is 0 Å². The summed E-state index contributed by atoms with van der Waals surface area (Å²) in [5, 5.41) is 0.653. The summed E-state index contributed by atoms with van der Waals surface area (Å²) < 4.78 is 13.4. The van der Waals surface area contributed by atoms with Gasteiger partial charge in [-0.05, 0) is 36.2 Å². The van der Waals surface area contributed by atoms with Gasteiger partial charge in [-0.25, -0.2) is 9.29 Å². The fraction of sp³-hybridized carbons (Fsp3) is 0.148. The fourth-order valence-corrected chi connectivity index (χ4v) is 4.77. The number of carbonyl (C=O) groups is 3. The molecule has 3 aromatic carbocycles. The molecule has 0 bridgehead atoms. The average Bonchev–Trinajstić information content (AvgIpc) is 3.29. The number of amides is 3. The number of para-hydroxylation sites is 2. The monoisotopic (exact) mass is 518 g/mol. The van der Waals surface area contributed by atoms with Crippen LogP contribution in [0.2, 0.25) is 0 Å². The van der Waals surface area contributed by atoms with E-state index >= 15 is 0 Å². The second-order valence-corrected chi connectivity index (χ2v) is 8.92. The van der Waals surface area contributed by atoms with Gasteiger partial charge in [0.25, 0.3) is 11.8 Å². The van der Waals surface area contributed by atoms with Gasteiger partial charge < -0.3 is 4.90 Å². The van der Waals surface area contributed by atoms with Crippen molar-refractivity contribution in [3.8, 4) is 0 Å². The number of carbonyl (C=O) groups excluding carboxylic acids is 3. The van der Waals surface area contributed by atoms with Crippen LogP contribution in [-0.2, 0) is 20.9 Å². The van der Waals surface area contributed by atoms with Crippen LogP contribution in [0.25, 0.3) is 11.1 Å². The van der Waals surface area contributed by atoms with Crippen molar-refractivity contribution >= 4 is 56.2 Å². The molecule has 2 aliphatic heterocycles. The van der Waals surface area contributed by atoms with Crippen LogP contribution in [-0.4, -0.2) is 23.1 Å². The van der Waals surface area contributed by atoms with E-state index < -0.39 is 5.91 Å². The second-order valence-electron chi connectivity index (χ2n) is 8.13. The van der Waals surface area contributed by atoms with E-state index in [2.05, 4.69) is 15.9 Å². The Kier molecular flexibility index (Phi) is 5.87. The number of hydrogen-bond acceptors (Lipinski definition) is 3. The molecule has 3 amide bonds. The average molecular weight is 519 g/mol. The molecule has 2 heterocycles. The quantitative estimate of drug-likeness (QED) is 0.338. The molecule has 34 heavy (non-hydrogen) atoms. The first-order valence-electron chi connectivity index (χ1n) is 10.9. The largest absolute Gasteiger partial charge is 0.303 e. The number of anilines is 2. The minimum absolute atomic E-state index is 0.217. The summed E-state index contributed by atoms with van der Waals surface area (Å²) in [4.78, 5) is 43.1. The molecular formula is C27H20BrFN2O3. The maximum Gasteiger partial charge on any atom is 0.266 e. The van der Waals surface area contributed by atoms with Crippen molar-refractivity contribution in [2.75, 3.05) is 15.1 Å². The van der Waals surface area contributed by atoms with Crippen molar-refractivity contribution in [1.82, 2.24) is 0 Å². The summed E-state index contributed by atoms with van der Waals surface area (Å²) in [6, 6.07) is 20.3. The Morgan fingerprint density at radius 2 is 1.38 bits per heavy atom. The Morgan fingerprint density at radius 3 is 2.06 bits per heavy atom. The first kappa shape index (κ1) is 22.2. The summed E-state index contributed by atoms with van der Waals surface area (Å²) in [7, 11) is 0. The van der Waals surface area contributed by atoms with Crippen LogP contribution in [0.15, 0.2) is 72.8 Å². The molecule has 5 nitrogen and oxygen atoms in total. The molecule has 2 aliphatic rings. The topological polar surface area (TPSA) is 57.7 Å². The molecule has 0 N–H and O–H groups in total. The number of rotatable bonds is 5. The highest BCUT2D eigenvalue weighted by Crippen LogP contribution is 2.47. The smallest absolute Gasteiger partial charge is 0.266 e. The molecule has 170 valence electrons. The molecule has 0 unspecified atom stereocenters. The molecule has 0 saturated carbocycles. The van der Waals surface area contributed by atoms with Crippen LogP contribution in [0.3, 0.4) is 0 Å². The summed E-state index contributed by atoms with van der Waals surface area (Å²) in [6.45, 7) is 0.233. The van der Waals surface area contributed by atoms with Gasteiger partial charge in [-0.15, -0.1) is 0 Å². The van der Waals surface area contributed by atoms with Gasteiger partial charge in [0, 0.05) is 22.9 Å². The Balaban J connectivity index is 1.63. The van der Waals surface area contributed by atoms with Crippen molar-refractivity contribution in [3.63, 3.8) is 0 Å². The van der Waals surface area contributed by atoms with E-state index in [1.54, 1.807) is 41.3 Å². The zero-order valence-corrected chi connectivity index (χ0v) is 19.7. The fourth-order valence-electron chi connectivity index (χ4n) is 4.49. The third kappa shape index (κ3) is 3.66. The van der Waals surface area contributed by atoms with E-state index in [0.29, 0.717) is 34.3 Å². The SMILES string of the molecule is O=C1C(=C2C(=O)N(C(=O)CCCBr)c3ccccc32)c2ccccc2N1Cc1ccc(F)cc1. The van der Waals surface area contributed by atoms with E-state index in [0.717, 1.165) is 5.56 Å². The van der Waals surface area contributed by atoms with Crippen LogP contribution in [0, 0.1) is 5.82 Å². The van der Waals surface area contributed by atoms with Gasteiger partial charge in [-0.1, -0.05) is 64.5 Å². The lowest BCUT2D eigenvalue weighted by Crippen LogP contribution is -2.34. The Hall–Kier alpha value is -3.58. The van der Waals surface area contributed by atoms with E-state index in [9.17, 15) is 18.8 Å². The van der Waals surface area contributed by atoms with Crippen LogP contribution < -0.4 is 9.80 Å². The summed E-state index contributed by atoms with van der Waals surface area (Å²) in [5.41, 5.74) is 3.67. The van der Waals surface area contributed by atoms with Gasteiger partial charge in [0.2, 0.25) is 5.91 Å². The van der Waals surface area contributed by atoms with Crippen molar-refractivity contribution < 1.29 is 18.8 Å². The molecule has 0 radical (unpaired) electrons. The number of alkyl halides is 1. The van der Waals surface area contributed by atoms with Gasteiger partial charge >= 0.3 is 0 Å². The van der Waals surface area contributed by atoms with Gasteiger partial charge in [0.1, 0.15) is 5.82 Å². The molecule has 3 aromatic rings. The van der Waals surface area contributed by atoms with E-state index in [1.807, 2.05) is 24.3 Å². The third-order valence-corrected chi connectivity index (χ3v) is 6.59. The van der Waals surface area contributed by atoms with Crippen LogP contribution in [0.1, 0.15) is 29.5 Å². The lowest BCUT2D eigenvalue weighted by molar-refractivity contribution is -0.123. The Morgan fingerprint density at radius 1 is 0.794 bits per heavy atom. The summed E-state index contributed by atoms with van der Waals surface area (Å²) in [6.07, 6.45) is 0.819. The van der Waals surface area contributed by atoms with Crippen LogP contribution in [0.4, 0.5) is 15.8 Å². The van der Waals surface area contributed by atoms with Crippen molar-refractivity contribution in [3.05, 3.63) is 95.3 Å². The maximum atomic E-state index is 13.8. The predicted octanol–water partition coefficient (Wildman–Crippen LogP) is 5.33. The normalized spacial score (nSPS) is 16.8. The van der Waals surface area contributed by atoms with Crippen LogP contribution in [0.5, 0.6) is 0 Å². The minimum Gasteiger partial charge on any atom is -0.303 e. The minimum atomic E-state index is -0.484. The molecule has 0 spiro atoms. The molecule has 5 rings (SSSR count). The number of hydrogen-bond donors (Lipinski definition) is 0. The van der Waals surface area contributed by atoms with E-state index in [-0.39, 0.29) is 41.7 Å². The molecule has 0 aliphatic carbocycles. The molecular weight excluding hydrogens is 499 g/mol. The zero-order chi connectivity index (χ0) is 23.8. The zero-order valence-electron chi connectivity index (χ0n) is 18.1. The first-order chi connectivity index (χ1) is 16.5. The second kappa shape index (κ2) is 8.99. The molecule has 7 heteroatoms. The summed E-state index contributed by atoms with van der Waals surface area (Å²) in [5.74, 6) is -1.45. The number of benzene rings is 3. The van der Waals surface area contributed by atoms with E-state index in [4.69, 9.17) is 0 Å². The molecule has 0 aromatic heterocycles. The number of imide groups is 1. The number of fused-ring (bicyclic) bond motifs is 2. The Labute approximate surface area is 204 Å². The Bertz CT molecular complexity index is 1350. The van der Waals surface area contributed by atoms with Crippen LogP contribution >= 0.6 is 15.9 Å². The predicted molar refractivity (Wildman–Crippen MR) is 133 cm³/mol.